The molecule has 0 aliphatic carbocycles. The van der Waals surface area contributed by atoms with Crippen LogP contribution in [0.25, 0.3) is 0 Å². The highest BCUT2D eigenvalue weighted by Crippen LogP contribution is 2.31. The van der Waals surface area contributed by atoms with Crippen LogP contribution >= 0.6 is 11.3 Å². The van der Waals surface area contributed by atoms with Gasteiger partial charge in [0.25, 0.3) is 0 Å². The van der Waals surface area contributed by atoms with Crippen molar-refractivity contribution in [2.75, 3.05) is 12.3 Å². The summed E-state index contributed by atoms with van der Waals surface area (Å²) in [5.41, 5.74) is 12.1. The van der Waals surface area contributed by atoms with Crippen molar-refractivity contribution in [3.05, 3.63) is 52.0 Å². The monoisotopic (exact) mass is 264 g/mol. The molecule has 0 saturated heterocycles. The first-order chi connectivity index (χ1) is 8.55. The molecule has 2 aromatic rings. The molecule has 1 heterocycles. The lowest BCUT2D eigenvalue weighted by atomic mass is 9.78. The molecule has 18 heavy (non-hydrogen) atoms. The summed E-state index contributed by atoms with van der Waals surface area (Å²) in [5, 5.41) is 2.02. The van der Waals surface area contributed by atoms with Crippen LogP contribution in [-0.2, 0) is 11.8 Å². The number of nitrogen functional groups attached to an aromatic ring is 1. The Kier molecular flexibility index (Phi) is 3.68. The smallest absolute Gasteiger partial charge is 0.129 e. The van der Waals surface area contributed by atoms with Crippen molar-refractivity contribution in [1.29, 1.82) is 0 Å². The van der Waals surface area contributed by atoms with Gasteiger partial charge in [0, 0.05) is 22.5 Å². The minimum Gasteiger partial charge on any atom is -0.399 e. The Labute approximate surface area is 110 Å². The summed E-state index contributed by atoms with van der Waals surface area (Å²) in [4.78, 5) is 1.21. The number of benzene rings is 1. The van der Waals surface area contributed by atoms with E-state index in [1.165, 1.54) is 10.9 Å². The van der Waals surface area contributed by atoms with Gasteiger partial charge < -0.3 is 11.5 Å². The summed E-state index contributed by atoms with van der Waals surface area (Å²) in [6.07, 6.45) is 0.738. The molecule has 1 atom stereocenters. The van der Waals surface area contributed by atoms with Crippen LogP contribution in [0.3, 0.4) is 0 Å². The van der Waals surface area contributed by atoms with Crippen molar-refractivity contribution < 1.29 is 4.39 Å². The molecule has 0 saturated carbocycles. The van der Waals surface area contributed by atoms with Crippen LogP contribution < -0.4 is 11.5 Å². The minimum absolute atomic E-state index is 0.278. The average molecular weight is 264 g/mol. The molecule has 1 aromatic heterocycles. The number of thiophene rings is 1. The molecular weight excluding hydrogens is 247 g/mol. The Bertz CT molecular complexity index is 525. The number of anilines is 1. The van der Waals surface area contributed by atoms with Crippen LogP contribution in [0.15, 0.2) is 35.7 Å². The highest BCUT2D eigenvalue weighted by molar-refractivity contribution is 7.09. The van der Waals surface area contributed by atoms with Gasteiger partial charge in [0.15, 0.2) is 0 Å². The molecule has 0 aliphatic heterocycles. The quantitative estimate of drug-likeness (QED) is 0.834. The van der Waals surface area contributed by atoms with Crippen molar-refractivity contribution in [3.63, 3.8) is 0 Å². The second-order valence-corrected chi connectivity index (χ2v) is 5.79. The van der Waals surface area contributed by atoms with Gasteiger partial charge in [-0.1, -0.05) is 19.1 Å². The first-order valence-electron chi connectivity index (χ1n) is 5.83. The molecule has 2 rings (SSSR count). The van der Waals surface area contributed by atoms with Gasteiger partial charge in [-0.25, -0.2) is 4.39 Å². The fourth-order valence-electron chi connectivity index (χ4n) is 2.10. The van der Waals surface area contributed by atoms with E-state index in [-0.39, 0.29) is 5.82 Å². The third-order valence-corrected chi connectivity index (χ3v) is 4.11. The Balaban J connectivity index is 2.36. The van der Waals surface area contributed by atoms with E-state index in [1.807, 2.05) is 24.4 Å². The minimum atomic E-state index is -0.400. The van der Waals surface area contributed by atoms with Gasteiger partial charge in [0.05, 0.1) is 0 Å². The number of hydrogen-bond donors (Lipinski definition) is 2. The molecule has 0 amide bonds. The standard InChI is InChI=1S/C14H17FN2S/c1-14(9-16,8-11-3-2-6-18-11)12-5-4-10(17)7-13(12)15/h2-7H,8-9,16-17H2,1H3. The second-order valence-electron chi connectivity index (χ2n) is 4.76. The summed E-state index contributed by atoms with van der Waals surface area (Å²) in [6, 6.07) is 8.87. The van der Waals surface area contributed by atoms with Crippen LogP contribution in [-0.4, -0.2) is 6.54 Å². The third kappa shape index (κ3) is 2.54. The molecule has 96 valence electrons. The van der Waals surface area contributed by atoms with Gasteiger partial charge in [-0.3, -0.25) is 0 Å². The first-order valence-corrected chi connectivity index (χ1v) is 6.71. The van der Waals surface area contributed by atoms with E-state index in [4.69, 9.17) is 11.5 Å². The predicted octanol–water partition coefficient (Wildman–Crippen LogP) is 2.93. The summed E-state index contributed by atoms with van der Waals surface area (Å²) in [7, 11) is 0. The Morgan fingerprint density at radius 1 is 1.33 bits per heavy atom. The summed E-state index contributed by atoms with van der Waals surface area (Å²) in [6.45, 7) is 2.38. The zero-order chi connectivity index (χ0) is 13.2. The van der Waals surface area contributed by atoms with Crippen molar-refractivity contribution in [2.45, 2.75) is 18.8 Å². The highest BCUT2D eigenvalue weighted by Gasteiger charge is 2.28. The van der Waals surface area contributed by atoms with E-state index in [2.05, 4.69) is 0 Å². The molecule has 0 radical (unpaired) electrons. The Morgan fingerprint density at radius 3 is 2.67 bits per heavy atom. The molecule has 4 heteroatoms. The fourth-order valence-corrected chi connectivity index (χ4v) is 2.99. The maximum Gasteiger partial charge on any atom is 0.129 e. The van der Waals surface area contributed by atoms with Crippen molar-refractivity contribution in [1.82, 2.24) is 0 Å². The molecule has 2 nitrogen and oxygen atoms in total. The largest absolute Gasteiger partial charge is 0.399 e. The average Bonchev–Trinajstić information content (AvgIpc) is 2.81. The summed E-state index contributed by atoms with van der Waals surface area (Å²) in [5.74, 6) is -0.278. The van der Waals surface area contributed by atoms with Crippen molar-refractivity contribution in [3.8, 4) is 0 Å². The van der Waals surface area contributed by atoms with Gasteiger partial charge in [-0.15, -0.1) is 11.3 Å². The van der Waals surface area contributed by atoms with Crippen LogP contribution in [0.5, 0.6) is 0 Å². The topological polar surface area (TPSA) is 52.0 Å². The van der Waals surface area contributed by atoms with E-state index in [1.54, 1.807) is 23.5 Å². The molecular formula is C14H17FN2S. The molecule has 1 aromatic carbocycles. The molecule has 0 spiro atoms. The number of halogens is 1. The third-order valence-electron chi connectivity index (χ3n) is 3.24. The molecule has 0 aliphatic rings. The van der Waals surface area contributed by atoms with Gasteiger partial charge in [-0.2, -0.15) is 0 Å². The maximum absolute atomic E-state index is 14.0. The zero-order valence-corrected chi connectivity index (χ0v) is 11.1. The SMILES string of the molecule is CC(CN)(Cc1cccs1)c1ccc(N)cc1F. The lowest BCUT2D eigenvalue weighted by Crippen LogP contribution is -2.35. The van der Waals surface area contributed by atoms with E-state index < -0.39 is 5.41 Å². The van der Waals surface area contributed by atoms with Crippen LogP contribution in [0.2, 0.25) is 0 Å². The summed E-state index contributed by atoms with van der Waals surface area (Å²) < 4.78 is 14.0. The Hall–Kier alpha value is -1.39. The number of hydrogen-bond acceptors (Lipinski definition) is 3. The van der Waals surface area contributed by atoms with Crippen LogP contribution in [0.1, 0.15) is 17.4 Å². The summed E-state index contributed by atoms with van der Waals surface area (Å²) >= 11 is 1.67. The van der Waals surface area contributed by atoms with E-state index in [9.17, 15) is 4.39 Å². The molecule has 0 fully saturated rings. The zero-order valence-electron chi connectivity index (χ0n) is 10.3. The molecule has 0 bridgehead atoms. The lowest BCUT2D eigenvalue weighted by molar-refractivity contribution is 0.453. The fraction of sp³-hybridized carbons (Fsp3) is 0.286. The van der Waals surface area contributed by atoms with E-state index in [0.29, 0.717) is 17.8 Å². The second kappa shape index (κ2) is 5.08. The van der Waals surface area contributed by atoms with Gasteiger partial charge in [0.2, 0.25) is 0 Å². The van der Waals surface area contributed by atoms with Gasteiger partial charge in [0.1, 0.15) is 5.82 Å². The van der Waals surface area contributed by atoms with Gasteiger partial charge >= 0.3 is 0 Å². The van der Waals surface area contributed by atoms with E-state index in [0.717, 1.165) is 6.42 Å². The highest BCUT2D eigenvalue weighted by atomic mass is 32.1. The van der Waals surface area contributed by atoms with E-state index >= 15 is 0 Å². The van der Waals surface area contributed by atoms with Crippen molar-refractivity contribution in [2.24, 2.45) is 5.73 Å². The van der Waals surface area contributed by atoms with Crippen LogP contribution in [0, 0.1) is 5.82 Å². The maximum atomic E-state index is 14.0. The Morgan fingerprint density at radius 2 is 2.11 bits per heavy atom. The van der Waals surface area contributed by atoms with Crippen molar-refractivity contribution >= 4 is 17.0 Å². The lowest BCUT2D eigenvalue weighted by Gasteiger charge is -2.28. The number of rotatable bonds is 4. The van der Waals surface area contributed by atoms with Crippen LogP contribution in [0.4, 0.5) is 10.1 Å². The molecule has 1 unspecified atom stereocenters. The van der Waals surface area contributed by atoms with Gasteiger partial charge in [-0.05, 0) is 35.6 Å². The predicted molar refractivity (Wildman–Crippen MR) is 75.2 cm³/mol. The first kappa shape index (κ1) is 13.1. The molecule has 4 N–H and O–H groups in total. The normalized spacial score (nSPS) is 14.4. The number of nitrogens with two attached hydrogens (primary N) is 2.